The molecule has 0 aromatic heterocycles. The number of hydrogen-bond donors (Lipinski definition) is 1. The summed E-state index contributed by atoms with van der Waals surface area (Å²) < 4.78 is 0. The monoisotopic (exact) mass is 215 g/mol. The Kier molecular flexibility index (Phi) is 4.12. The van der Waals surface area contributed by atoms with Crippen molar-refractivity contribution in [1.29, 1.82) is 0 Å². The highest BCUT2D eigenvalue weighted by atomic mass is 35.5. The van der Waals surface area contributed by atoms with Crippen LogP contribution in [0.2, 0.25) is 0 Å². The molecule has 2 heteroatoms. The predicted octanol–water partition coefficient (Wildman–Crippen LogP) is 3.32. The van der Waals surface area contributed by atoms with Crippen LogP contribution in [0.5, 0.6) is 0 Å². The van der Waals surface area contributed by atoms with Crippen molar-refractivity contribution < 1.29 is 0 Å². The molecule has 0 amide bonds. The minimum absolute atomic E-state index is 0.386. The highest BCUT2D eigenvalue weighted by Crippen LogP contribution is 2.32. The molecule has 2 rings (SSSR count). The van der Waals surface area contributed by atoms with E-state index in [0.29, 0.717) is 11.4 Å². The summed E-state index contributed by atoms with van der Waals surface area (Å²) in [4.78, 5) is 0. The second kappa shape index (κ2) is 5.37. The maximum absolute atomic E-state index is 6.36. The van der Waals surface area contributed by atoms with Crippen LogP contribution in [-0.4, -0.2) is 18.0 Å². The largest absolute Gasteiger partial charge is 0.313 e. The first-order valence-electron chi connectivity index (χ1n) is 6.24. The second-order valence-electron chi connectivity index (χ2n) is 4.95. The SMILES string of the molecule is ClC1CCCCCC1NCCC1CC1. The predicted molar refractivity (Wildman–Crippen MR) is 61.9 cm³/mol. The lowest BCUT2D eigenvalue weighted by Crippen LogP contribution is -2.37. The molecule has 2 unspecified atom stereocenters. The number of nitrogens with one attached hydrogen (secondary N) is 1. The van der Waals surface area contributed by atoms with Gasteiger partial charge in [0.1, 0.15) is 0 Å². The van der Waals surface area contributed by atoms with E-state index in [1.807, 2.05) is 0 Å². The number of rotatable bonds is 4. The zero-order valence-corrected chi connectivity index (χ0v) is 9.73. The Morgan fingerprint density at radius 1 is 1.00 bits per heavy atom. The van der Waals surface area contributed by atoms with Crippen LogP contribution in [0.4, 0.5) is 0 Å². The minimum Gasteiger partial charge on any atom is -0.313 e. The lowest BCUT2D eigenvalue weighted by Gasteiger charge is -2.21. The van der Waals surface area contributed by atoms with E-state index >= 15 is 0 Å². The highest BCUT2D eigenvalue weighted by Gasteiger charge is 2.23. The normalized spacial score (nSPS) is 34.1. The number of hydrogen-bond acceptors (Lipinski definition) is 1. The van der Waals surface area contributed by atoms with Crippen LogP contribution < -0.4 is 5.32 Å². The van der Waals surface area contributed by atoms with Gasteiger partial charge in [-0.15, -0.1) is 11.6 Å². The van der Waals surface area contributed by atoms with Crippen LogP contribution in [0.25, 0.3) is 0 Å². The van der Waals surface area contributed by atoms with Gasteiger partial charge in [0.2, 0.25) is 0 Å². The molecule has 2 fully saturated rings. The van der Waals surface area contributed by atoms with E-state index in [0.717, 1.165) is 5.92 Å². The fourth-order valence-electron chi connectivity index (χ4n) is 2.37. The third-order valence-electron chi connectivity index (χ3n) is 3.59. The summed E-state index contributed by atoms with van der Waals surface area (Å²) in [6.07, 6.45) is 10.9. The maximum atomic E-state index is 6.36. The molecule has 0 heterocycles. The van der Waals surface area contributed by atoms with Crippen molar-refractivity contribution in [1.82, 2.24) is 5.32 Å². The molecule has 1 nitrogen and oxygen atoms in total. The van der Waals surface area contributed by atoms with Crippen LogP contribution in [0.1, 0.15) is 51.4 Å². The Morgan fingerprint density at radius 3 is 2.57 bits per heavy atom. The maximum Gasteiger partial charge on any atom is 0.0489 e. The molecule has 2 saturated carbocycles. The summed E-state index contributed by atoms with van der Waals surface area (Å²) >= 11 is 6.36. The Morgan fingerprint density at radius 2 is 1.79 bits per heavy atom. The first-order valence-corrected chi connectivity index (χ1v) is 6.67. The molecule has 0 aromatic carbocycles. The Balaban J connectivity index is 1.64. The van der Waals surface area contributed by atoms with Gasteiger partial charge in [-0.3, -0.25) is 0 Å². The minimum atomic E-state index is 0.386. The van der Waals surface area contributed by atoms with Crippen molar-refractivity contribution in [3.8, 4) is 0 Å². The van der Waals surface area contributed by atoms with Crippen molar-refractivity contribution in [2.45, 2.75) is 62.8 Å². The molecule has 0 radical (unpaired) electrons. The van der Waals surface area contributed by atoms with Gasteiger partial charge in [-0.1, -0.05) is 32.1 Å². The topological polar surface area (TPSA) is 12.0 Å². The van der Waals surface area contributed by atoms with E-state index in [1.165, 1.54) is 57.9 Å². The van der Waals surface area contributed by atoms with Gasteiger partial charge in [0, 0.05) is 11.4 Å². The fraction of sp³-hybridized carbons (Fsp3) is 1.00. The number of halogens is 1. The first kappa shape index (κ1) is 10.8. The zero-order chi connectivity index (χ0) is 9.80. The van der Waals surface area contributed by atoms with Crippen LogP contribution in [-0.2, 0) is 0 Å². The molecule has 2 aliphatic rings. The summed E-state index contributed by atoms with van der Waals surface area (Å²) in [5.74, 6) is 1.04. The van der Waals surface area contributed by atoms with Gasteiger partial charge in [-0.2, -0.15) is 0 Å². The number of alkyl halides is 1. The van der Waals surface area contributed by atoms with E-state index in [9.17, 15) is 0 Å². The molecule has 0 aromatic rings. The summed E-state index contributed by atoms with van der Waals surface area (Å²) in [6.45, 7) is 1.19. The van der Waals surface area contributed by atoms with Crippen LogP contribution in [0.3, 0.4) is 0 Å². The molecule has 0 saturated heterocycles. The smallest absolute Gasteiger partial charge is 0.0489 e. The van der Waals surface area contributed by atoms with E-state index in [1.54, 1.807) is 0 Å². The third-order valence-corrected chi connectivity index (χ3v) is 4.11. The van der Waals surface area contributed by atoms with Gasteiger partial charge in [0.05, 0.1) is 0 Å². The third kappa shape index (κ3) is 3.43. The van der Waals surface area contributed by atoms with Crippen molar-refractivity contribution in [3.05, 3.63) is 0 Å². The molecule has 14 heavy (non-hydrogen) atoms. The van der Waals surface area contributed by atoms with Crippen LogP contribution in [0, 0.1) is 5.92 Å². The van der Waals surface area contributed by atoms with Gasteiger partial charge in [0.25, 0.3) is 0 Å². The van der Waals surface area contributed by atoms with Crippen molar-refractivity contribution in [3.63, 3.8) is 0 Å². The highest BCUT2D eigenvalue weighted by molar-refractivity contribution is 6.21. The van der Waals surface area contributed by atoms with Crippen molar-refractivity contribution in [2.24, 2.45) is 5.92 Å². The molecule has 1 N–H and O–H groups in total. The van der Waals surface area contributed by atoms with Gasteiger partial charge >= 0.3 is 0 Å². The van der Waals surface area contributed by atoms with Gasteiger partial charge < -0.3 is 5.32 Å². The molecule has 2 atom stereocenters. The molecule has 82 valence electrons. The Labute approximate surface area is 92.6 Å². The van der Waals surface area contributed by atoms with Gasteiger partial charge in [-0.25, -0.2) is 0 Å². The molecule has 0 aliphatic heterocycles. The van der Waals surface area contributed by atoms with E-state index in [2.05, 4.69) is 5.32 Å². The van der Waals surface area contributed by atoms with Crippen molar-refractivity contribution in [2.75, 3.05) is 6.54 Å². The summed E-state index contributed by atoms with van der Waals surface area (Å²) in [7, 11) is 0. The molecular formula is C12H22ClN. The quantitative estimate of drug-likeness (QED) is 0.561. The van der Waals surface area contributed by atoms with Crippen LogP contribution >= 0.6 is 11.6 Å². The standard InChI is InChI=1S/C12H22ClN/c13-11-4-2-1-3-5-12(11)14-9-8-10-6-7-10/h10-12,14H,1-9H2. The van der Waals surface area contributed by atoms with E-state index in [4.69, 9.17) is 11.6 Å². The van der Waals surface area contributed by atoms with Gasteiger partial charge in [0.15, 0.2) is 0 Å². The van der Waals surface area contributed by atoms with Crippen molar-refractivity contribution >= 4 is 11.6 Å². The summed E-state index contributed by atoms with van der Waals surface area (Å²) in [5, 5.41) is 4.04. The summed E-state index contributed by atoms with van der Waals surface area (Å²) in [5.41, 5.74) is 0. The fourth-order valence-corrected chi connectivity index (χ4v) is 2.74. The lowest BCUT2D eigenvalue weighted by atomic mass is 10.1. The van der Waals surface area contributed by atoms with Crippen LogP contribution in [0.15, 0.2) is 0 Å². The first-order chi connectivity index (χ1) is 6.86. The molecule has 2 aliphatic carbocycles. The van der Waals surface area contributed by atoms with E-state index in [-0.39, 0.29) is 0 Å². The Hall–Kier alpha value is 0.250. The lowest BCUT2D eigenvalue weighted by molar-refractivity contribution is 0.453. The summed E-state index contributed by atoms with van der Waals surface area (Å²) in [6, 6.07) is 0.595. The zero-order valence-electron chi connectivity index (χ0n) is 8.97. The molecular weight excluding hydrogens is 194 g/mol. The van der Waals surface area contributed by atoms with E-state index < -0.39 is 0 Å². The van der Waals surface area contributed by atoms with Gasteiger partial charge in [-0.05, 0) is 31.7 Å². The second-order valence-corrected chi connectivity index (χ2v) is 5.51. The Bertz CT molecular complexity index is 168. The average molecular weight is 216 g/mol. The molecule has 0 spiro atoms. The average Bonchev–Trinajstić information content (AvgIpc) is 2.97. The molecule has 0 bridgehead atoms.